The summed E-state index contributed by atoms with van der Waals surface area (Å²) in [6.07, 6.45) is 4.65. The highest BCUT2D eigenvalue weighted by molar-refractivity contribution is 6.02. The number of carbonyl (C=O) groups is 2. The molecule has 1 amide bonds. The third kappa shape index (κ3) is 4.58. The maximum Gasteiger partial charge on any atom is 0.352 e. The lowest BCUT2D eigenvalue weighted by Crippen LogP contribution is -2.27. The van der Waals surface area contributed by atoms with Crippen LogP contribution < -0.4 is 10.1 Å². The Morgan fingerprint density at radius 3 is 2.38 bits per heavy atom. The number of hydrogen-bond donors (Lipinski definition) is 2. The summed E-state index contributed by atoms with van der Waals surface area (Å²) >= 11 is 0. The summed E-state index contributed by atoms with van der Waals surface area (Å²) in [7, 11) is 1.45. The summed E-state index contributed by atoms with van der Waals surface area (Å²) in [6.45, 7) is 0. The minimum Gasteiger partial charge on any atom is -0.496 e. The van der Waals surface area contributed by atoms with Gasteiger partial charge in [0.2, 0.25) is 0 Å². The lowest BCUT2D eigenvalue weighted by atomic mass is 10.2. The number of carbonyl (C=O) groups excluding carboxylic acids is 1. The second kappa shape index (κ2) is 8.33. The monoisotopic (exact) mass is 323 g/mol. The van der Waals surface area contributed by atoms with Crippen molar-refractivity contribution in [1.29, 1.82) is 0 Å². The maximum absolute atomic E-state index is 12.3. The van der Waals surface area contributed by atoms with Gasteiger partial charge in [0.1, 0.15) is 11.4 Å². The third-order valence-electron chi connectivity index (χ3n) is 3.18. The number of hydrogen-bond acceptors (Lipinski definition) is 3. The number of nitrogens with one attached hydrogen (secondary N) is 1. The van der Waals surface area contributed by atoms with E-state index in [-0.39, 0.29) is 11.3 Å². The number of ether oxygens (including phenoxy) is 1. The lowest BCUT2D eigenvalue weighted by Gasteiger charge is -2.09. The number of allylic oxidation sites excluding steroid dienone is 2. The minimum atomic E-state index is -1.23. The molecule has 2 aromatic carbocycles. The second-order valence-electron chi connectivity index (χ2n) is 4.81. The average Bonchev–Trinajstić information content (AvgIpc) is 2.61. The fraction of sp³-hybridized carbons (Fsp3) is 0.0526. The number of rotatable bonds is 6. The van der Waals surface area contributed by atoms with Crippen molar-refractivity contribution in [3.05, 3.63) is 83.6 Å². The largest absolute Gasteiger partial charge is 0.496 e. The number of para-hydroxylation sites is 1. The molecule has 0 aliphatic rings. The van der Waals surface area contributed by atoms with Crippen molar-refractivity contribution in [3.63, 3.8) is 0 Å². The number of benzene rings is 2. The van der Waals surface area contributed by atoms with E-state index in [1.165, 1.54) is 13.2 Å². The van der Waals surface area contributed by atoms with Crippen LogP contribution in [0.3, 0.4) is 0 Å². The first kappa shape index (κ1) is 17.0. The molecule has 2 rings (SSSR count). The van der Waals surface area contributed by atoms with Crippen molar-refractivity contribution in [2.45, 2.75) is 0 Å². The molecule has 0 saturated heterocycles. The molecule has 5 nitrogen and oxygen atoms in total. The van der Waals surface area contributed by atoms with E-state index in [1.54, 1.807) is 36.4 Å². The molecule has 0 radical (unpaired) electrons. The highest BCUT2D eigenvalue weighted by atomic mass is 16.5. The molecule has 2 N–H and O–H groups in total. The maximum atomic E-state index is 12.3. The smallest absolute Gasteiger partial charge is 0.352 e. The molecule has 0 bridgehead atoms. The van der Waals surface area contributed by atoms with E-state index in [9.17, 15) is 14.7 Å². The number of aliphatic carboxylic acids is 1. The first-order valence-corrected chi connectivity index (χ1v) is 7.23. The van der Waals surface area contributed by atoms with Crippen molar-refractivity contribution in [1.82, 2.24) is 5.32 Å². The van der Waals surface area contributed by atoms with Gasteiger partial charge in [-0.25, -0.2) is 4.79 Å². The molecule has 0 aliphatic carbocycles. The van der Waals surface area contributed by atoms with Crippen molar-refractivity contribution in [2.75, 3.05) is 7.11 Å². The number of amides is 1. The van der Waals surface area contributed by atoms with Gasteiger partial charge in [0.05, 0.1) is 12.7 Å². The van der Waals surface area contributed by atoms with Gasteiger partial charge in [-0.05, 0) is 23.8 Å². The molecular weight excluding hydrogens is 306 g/mol. The van der Waals surface area contributed by atoms with Crippen LogP contribution >= 0.6 is 0 Å². The highest BCUT2D eigenvalue weighted by Crippen LogP contribution is 2.17. The van der Waals surface area contributed by atoms with E-state index in [4.69, 9.17) is 4.74 Å². The van der Waals surface area contributed by atoms with Crippen molar-refractivity contribution in [3.8, 4) is 5.75 Å². The SMILES string of the molecule is COc1ccccc1C(=O)N/C(=C\C=C\c1ccccc1)C(=O)O. The van der Waals surface area contributed by atoms with Crippen LogP contribution in [0.2, 0.25) is 0 Å². The zero-order valence-electron chi connectivity index (χ0n) is 13.1. The molecule has 0 heterocycles. The van der Waals surface area contributed by atoms with Gasteiger partial charge in [0.25, 0.3) is 5.91 Å². The van der Waals surface area contributed by atoms with Gasteiger partial charge in [-0.3, -0.25) is 4.79 Å². The van der Waals surface area contributed by atoms with E-state index in [0.29, 0.717) is 5.75 Å². The zero-order chi connectivity index (χ0) is 17.4. The molecule has 0 aliphatic heterocycles. The van der Waals surface area contributed by atoms with Crippen LogP contribution in [0.25, 0.3) is 6.08 Å². The minimum absolute atomic E-state index is 0.224. The Morgan fingerprint density at radius 2 is 1.71 bits per heavy atom. The van der Waals surface area contributed by atoms with Gasteiger partial charge in [-0.15, -0.1) is 0 Å². The summed E-state index contributed by atoms with van der Waals surface area (Å²) in [5.41, 5.74) is 0.965. The fourth-order valence-electron chi connectivity index (χ4n) is 2.01. The van der Waals surface area contributed by atoms with Gasteiger partial charge in [-0.2, -0.15) is 0 Å². The van der Waals surface area contributed by atoms with E-state index in [2.05, 4.69) is 5.32 Å². The molecule has 0 fully saturated rings. The van der Waals surface area contributed by atoms with Crippen LogP contribution in [0.15, 0.2) is 72.4 Å². The van der Waals surface area contributed by atoms with E-state index in [1.807, 2.05) is 30.3 Å². The fourth-order valence-corrected chi connectivity index (χ4v) is 2.01. The predicted octanol–water partition coefficient (Wildman–Crippen LogP) is 3.11. The number of methoxy groups -OCH3 is 1. The Balaban J connectivity index is 2.16. The van der Waals surface area contributed by atoms with Crippen LogP contribution in [0.5, 0.6) is 5.75 Å². The molecule has 0 unspecified atom stereocenters. The van der Waals surface area contributed by atoms with Crippen LogP contribution in [-0.2, 0) is 4.79 Å². The normalized spacial score (nSPS) is 11.3. The predicted molar refractivity (Wildman–Crippen MR) is 91.7 cm³/mol. The summed E-state index contributed by atoms with van der Waals surface area (Å²) in [6, 6.07) is 16.0. The second-order valence-corrected chi connectivity index (χ2v) is 4.81. The highest BCUT2D eigenvalue weighted by Gasteiger charge is 2.15. The standard InChI is InChI=1S/C19H17NO4/c1-24-17-13-6-5-11-15(17)18(21)20-16(19(22)23)12-7-10-14-8-3-2-4-9-14/h2-13H,1H3,(H,20,21)(H,22,23)/b10-7+,16-12-. The number of carboxylic acid groups (broad SMARTS) is 1. The summed E-state index contributed by atoms with van der Waals surface area (Å²) in [5.74, 6) is -1.40. The topological polar surface area (TPSA) is 75.6 Å². The summed E-state index contributed by atoms with van der Waals surface area (Å²) in [5, 5.41) is 11.6. The van der Waals surface area contributed by atoms with Crippen molar-refractivity contribution in [2.24, 2.45) is 0 Å². The first-order valence-electron chi connectivity index (χ1n) is 7.23. The zero-order valence-corrected chi connectivity index (χ0v) is 13.1. The molecular formula is C19H17NO4. The van der Waals surface area contributed by atoms with Crippen LogP contribution in [-0.4, -0.2) is 24.1 Å². The Morgan fingerprint density at radius 1 is 1.04 bits per heavy atom. The molecule has 122 valence electrons. The van der Waals surface area contributed by atoms with Crippen LogP contribution in [0.4, 0.5) is 0 Å². The van der Waals surface area contributed by atoms with Crippen LogP contribution in [0.1, 0.15) is 15.9 Å². The lowest BCUT2D eigenvalue weighted by molar-refractivity contribution is -0.133. The molecule has 0 spiro atoms. The molecule has 5 heteroatoms. The van der Waals surface area contributed by atoms with E-state index < -0.39 is 11.9 Å². The van der Waals surface area contributed by atoms with Gasteiger partial charge >= 0.3 is 5.97 Å². The Kier molecular flexibility index (Phi) is 5.91. The van der Waals surface area contributed by atoms with E-state index >= 15 is 0 Å². The third-order valence-corrected chi connectivity index (χ3v) is 3.18. The Labute approximate surface area is 139 Å². The first-order chi connectivity index (χ1) is 11.6. The molecule has 0 saturated carbocycles. The van der Waals surface area contributed by atoms with Gasteiger partial charge in [0.15, 0.2) is 0 Å². The Bertz CT molecular complexity index is 779. The van der Waals surface area contributed by atoms with Gasteiger partial charge < -0.3 is 15.2 Å². The summed E-state index contributed by atoms with van der Waals surface area (Å²) in [4.78, 5) is 23.6. The molecule has 24 heavy (non-hydrogen) atoms. The average molecular weight is 323 g/mol. The summed E-state index contributed by atoms with van der Waals surface area (Å²) < 4.78 is 5.11. The van der Waals surface area contributed by atoms with Gasteiger partial charge in [0, 0.05) is 0 Å². The number of carboxylic acids is 1. The quantitative estimate of drug-likeness (QED) is 0.633. The van der Waals surface area contributed by atoms with Crippen molar-refractivity contribution < 1.29 is 19.4 Å². The van der Waals surface area contributed by atoms with Crippen molar-refractivity contribution >= 4 is 18.0 Å². The molecule has 0 atom stereocenters. The van der Waals surface area contributed by atoms with E-state index in [0.717, 1.165) is 5.56 Å². The Hall–Kier alpha value is -3.34. The van der Waals surface area contributed by atoms with Gasteiger partial charge in [-0.1, -0.05) is 54.6 Å². The molecule has 0 aromatic heterocycles. The molecule has 2 aromatic rings. The van der Waals surface area contributed by atoms with Crippen LogP contribution in [0, 0.1) is 0 Å².